The van der Waals surface area contributed by atoms with Crippen molar-refractivity contribution in [1.82, 2.24) is 4.90 Å². The Morgan fingerprint density at radius 3 is 1.73 bits per heavy atom. The Morgan fingerprint density at radius 1 is 1.13 bits per heavy atom. The van der Waals surface area contributed by atoms with Gasteiger partial charge in [0.2, 0.25) is 0 Å². The number of hydrogen-bond donors (Lipinski definition) is 2. The van der Waals surface area contributed by atoms with E-state index in [4.69, 9.17) is 19.8 Å². The van der Waals surface area contributed by atoms with Crippen LogP contribution in [0.25, 0.3) is 0 Å². The van der Waals surface area contributed by atoms with Crippen molar-refractivity contribution >= 4 is 43.4 Å². The van der Waals surface area contributed by atoms with Crippen LogP contribution in [0, 0.1) is 0 Å². The van der Waals surface area contributed by atoms with Crippen molar-refractivity contribution in [1.29, 1.82) is 0 Å². The largest absolute Gasteiger partial charge is 0.473 e. The van der Waals surface area contributed by atoms with Gasteiger partial charge >= 0.3 is 11.9 Å². The van der Waals surface area contributed by atoms with E-state index in [2.05, 4.69) is 19.0 Å². The van der Waals surface area contributed by atoms with E-state index in [1.165, 1.54) is 11.5 Å². The minimum atomic E-state index is -1.82. The fraction of sp³-hybridized carbons (Fsp3) is 0.714. The van der Waals surface area contributed by atoms with E-state index in [1.807, 2.05) is 31.4 Å². The van der Waals surface area contributed by atoms with Gasteiger partial charge in [0.15, 0.2) is 0 Å². The lowest BCUT2D eigenvalue weighted by molar-refractivity contribution is -0.159. The number of carboxylic acid groups (broad SMARTS) is 2. The van der Waals surface area contributed by atoms with E-state index in [0.29, 0.717) is 0 Å². The molecule has 0 saturated carbocycles. The first-order valence-electron chi connectivity index (χ1n) is 3.99. The molecule has 2 N–H and O–H groups in total. The van der Waals surface area contributed by atoms with Crippen molar-refractivity contribution in [2.24, 2.45) is 0 Å². The zero-order chi connectivity index (χ0) is 11.8. The molecular weight excluding hydrogens is 258 g/mol. The maximum atomic E-state index is 9.10. The molecule has 0 radical (unpaired) electrons. The number of carbonyl (C=O) groups is 2. The number of rotatable bonds is 1. The summed E-state index contributed by atoms with van der Waals surface area (Å²) in [4.78, 5) is 20.5. The van der Waals surface area contributed by atoms with E-state index >= 15 is 0 Å². The van der Waals surface area contributed by atoms with Gasteiger partial charge in [0, 0.05) is 17.5 Å². The lowest BCUT2D eigenvalue weighted by Crippen LogP contribution is -2.33. The van der Waals surface area contributed by atoms with E-state index in [-0.39, 0.29) is 0 Å². The van der Waals surface area contributed by atoms with Crippen molar-refractivity contribution in [3.05, 3.63) is 0 Å². The molecule has 1 rings (SSSR count). The number of aliphatic carboxylic acids is 2. The summed E-state index contributed by atoms with van der Waals surface area (Å²) in [6.45, 7) is 0. The summed E-state index contributed by atoms with van der Waals surface area (Å²) >= 11 is 0. The summed E-state index contributed by atoms with van der Waals surface area (Å²) in [7, 11) is 10.2. The molecule has 0 aromatic rings. The third-order valence-corrected chi connectivity index (χ3v) is 5.89. The Balaban J connectivity index is 0.000000288. The van der Waals surface area contributed by atoms with Crippen molar-refractivity contribution in [3.63, 3.8) is 0 Å². The minimum absolute atomic E-state index is 0.793. The van der Waals surface area contributed by atoms with E-state index in [9.17, 15) is 0 Å². The lowest BCUT2D eigenvalue weighted by atomic mass is 10.4. The van der Waals surface area contributed by atoms with Crippen LogP contribution in [0.2, 0.25) is 0 Å². The highest BCUT2D eigenvalue weighted by atomic mass is 33.5. The topological polar surface area (TPSA) is 77.8 Å². The molecule has 8 heteroatoms. The normalized spacial score (nSPS) is 16.7. The molecule has 0 bridgehead atoms. The second kappa shape index (κ2) is 8.14. The molecule has 1 aliphatic heterocycles. The number of nitrogens with zero attached hydrogens (tertiary/aromatic N) is 1. The molecule has 1 heterocycles. The van der Waals surface area contributed by atoms with Gasteiger partial charge in [-0.1, -0.05) is 21.6 Å². The summed E-state index contributed by atoms with van der Waals surface area (Å²) < 4.78 is 0. The van der Waals surface area contributed by atoms with Gasteiger partial charge in [-0.25, -0.2) is 9.59 Å². The Morgan fingerprint density at radius 2 is 1.53 bits per heavy atom. The molecule has 0 atom stereocenters. The summed E-state index contributed by atoms with van der Waals surface area (Å²) in [6.07, 6.45) is 0. The Kier molecular flexibility index (Phi) is 8.12. The third kappa shape index (κ3) is 7.83. The number of carboxylic acids is 2. The molecule has 15 heavy (non-hydrogen) atoms. The Labute approximate surface area is 99.8 Å². The predicted octanol–water partition coefficient (Wildman–Crippen LogP) is 1.12. The van der Waals surface area contributed by atoms with Crippen LogP contribution in [-0.2, 0) is 9.59 Å². The van der Waals surface area contributed by atoms with Crippen LogP contribution >= 0.6 is 31.4 Å². The molecule has 1 aliphatic rings. The summed E-state index contributed by atoms with van der Waals surface area (Å²) in [5, 5.41) is 14.8. The van der Waals surface area contributed by atoms with Gasteiger partial charge in [0.1, 0.15) is 0 Å². The molecule has 0 aliphatic carbocycles. The van der Waals surface area contributed by atoms with E-state index in [0.717, 1.165) is 6.04 Å². The van der Waals surface area contributed by atoms with Crippen LogP contribution in [0.1, 0.15) is 0 Å². The van der Waals surface area contributed by atoms with Gasteiger partial charge in [0.05, 0.1) is 0 Å². The van der Waals surface area contributed by atoms with Gasteiger partial charge in [-0.05, 0) is 23.9 Å². The molecule has 5 nitrogen and oxygen atoms in total. The van der Waals surface area contributed by atoms with Gasteiger partial charge in [-0.3, -0.25) is 0 Å². The van der Waals surface area contributed by atoms with Crippen molar-refractivity contribution < 1.29 is 19.8 Å². The molecule has 1 fully saturated rings. The van der Waals surface area contributed by atoms with Crippen molar-refractivity contribution in [2.45, 2.75) is 6.04 Å². The second-order valence-electron chi connectivity index (χ2n) is 2.86. The third-order valence-electron chi connectivity index (χ3n) is 1.53. The van der Waals surface area contributed by atoms with Gasteiger partial charge < -0.3 is 15.1 Å². The molecule has 1 saturated heterocycles. The second-order valence-corrected chi connectivity index (χ2v) is 7.19. The number of hydrogen-bond acceptors (Lipinski definition) is 6. The molecule has 0 unspecified atom stereocenters. The first-order valence-corrected chi connectivity index (χ1v) is 7.81. The molecule has 0 aromatic carbocycles. The Bertz CT molecular complexity index is 206. The first-order chi connectivity index (χ1) is 6.95. The van der Waals surface area contributed by atoms with Crippen LogP contribution in [0.5, 0.6) is 0 Å². The van der Waals surface area contributed by atoms with Crippen LogP contribution < -0.4 is 0 Å². The predicted molar refractivity (Wildman–Crippen MR) is 65.3 cm³/mol. The average molecular weight is 271 g/mol. The van der Waals surface area contributed by atoms with E-state index < -0.39 is 11.9 Å². The van der Waals surface area contributed by atoms with Gasteiger partial charge in [-0.15, -0.1) is 0 Å². The molecule has 0 aromatic heterocycles. The highest BCUT2D eigenvalue weighted by Gasteiger charge is 2.15. The maximum Gasteiger partial charge on any atom is 0.414 e. The summed E-state index contributed by atoms with van der Waals surface area (Å²) in [5.41, 5.74) is 0. The smallest absolute Gasteiger partial charge is 0.414 e. The first kappa shape index (κ1) is 14.9. The summed E-state index contributed by atoms with van der Waals surface area (Å²) in [6, 6.07) is 0.793. The Hall–Kier alpha value is -0.0500. The molecule has 0 amide bonds. The zero-order valence-electron chi connectivity index (χ0n) is 8.37. The van der Waals surface area contributed by atoms with E-state index in [1.54, 1.807) is 0 Å². The van der Waals surface area contributed by atoms with Gasteiger partial charge in [0.25, 0.3) is 0 Å². The highest BCUT2D eigenvalue weighted by molar-refractivity contribution is 9.09. The maximum absolute atomic E-state index is 9.10. The summed E-state index contributed by atoms with van der Waals surface area (Å²) in [5.74, 6) is -1.08. The lowest BCUT2D eigenvalue weighted by Gasteiger charge is -2.25. The standard InChI is InChI=1S/C5H11NS3.C2H2O4/c1-6(2)5-3-7-9-8-4-5;3-1(4)2(5)6/h5H,3-4H2,1-2H3;(H,3,4)(H,5,6). The van der Waals surface area contributed by atoms with Crippen molar-refractivity contribution in [3.8, 4) is 0 Å². The highest BCUT2D eigenvalue weighted by Crippen LogP contribution is 2.40. The monoisotopic (exact) mass is 271 g/mol. The van der Waals surface area contributed by atoms with Crippen LogP contribution in [0.3, 0.4) is 0 Å². The van der Waals surface area contributed by atoms with Gasteiger partial charge in [-0.2, -0.15) is 0 Å². The zero-order valence-corrected chi connectivity index (χ0v) is 10.8. The van der Waals surface area contributed by atoms with Crippen LogP contribution in [-0.4, -0.2) is 58.7 Å². The quantitative estimate of drug-likeness (QED) is 0.542. The fourth-order valence-electron chi connectivity index (χ4n) is 0.593. The SMILES string of the molecule is CN(C)C1CSSSC1.O=C(O)C(=O)O. The molecule has 88 valence electrons. The van der Waals surface area contributed by atoms with Crippen LogP contribution in [0.15, 0.2) is 0 Å². The average Bonchev–Trinajstić information content (AvgIpc) is 2.20. The molecule has 0 spiro atoms. The fourth-order valence-corrected chi connectivity index (χ4v) is 5.16. The minimum Gasteiger partial charge on any atom is -0.473 e. The molecular formula is C7H13NO4S3. The van der Waals surface area contributed by atoms with Crippen molar-refractivity contribution in [2.75, 3.05) is 25.6 Å². The van der Waals surface area contributed by atoms with Crippen LogP contribution in [0.4, 0.5) is 0 Å².